The molecular weight excluding hydrogens is 304 g/mol. The SMILES string of the molecule is CNCc1nc(-c2c[nH]c3ccccc23)c(Br)n1C. The summed E-state index contributed by atoms with van der Waals surface area (Å²) in [6.45, 7) is 0.747. The van der Waals surface area contributed by atoms with Crippen molar-refractivity contribution >= 4 is 26.8 Å². The van der Waals surface area contributed by atoms with Crippen molar-refractivity contribution < 1.29 is 0 Å². The molecule has 0 saturated carbocycles. The lowest BCUT2D eigenvalue weighted by Gasteiger charge is -2.00. The molecule has 3 rings (SSSR count). The van der Waals surface area contributed by atoms with E-state index in [1.54, 1.807) is 0 Å². The molecule has 0 atom stereocenters. The normalized spacial score (nSPS) is 11.3. The first-order chi connectivity index (χ1) is 9.22. The molecule has 5 heteroatoms. The summed E-state index contributed by atoms with van der Waals surface area (Å²) in [5.74, 6) is 1.01. The van der Waals surface area contributed by atoms with Crippen molar-refractivity contribution in [2.24, 2.45) is 7.05 Å². The number of nitrogens with one attached hydrogen (secondary N) is 2. The number of nitrogens with zero attached hydrogens (tertiary/aromatic N) is 2. The minimum absolute atomic E-state index is 0.747. The molecule has 0 radical (unpaired) electrons. The van der Waals surface area contributed by atoms with Crippen LogP contribution in [-0.4, -0.2) is 21.6 Å². The van der Waals surface area contributed by atoms with E-state index >= 15 is 0 Å². The highest BCUT2D eigenvalue weighted by molar-refractivity contribution is 9.10. The fraction of sp³-hybridized carbons (Fsp3) is 0.214. The highest BCUT2D eigenvalue weighted by Crippen LogP contribution is 2.33. The van der Waals surface area contributed by atoms with Crippen LogP contribution in [0.3, 0.4) is 0 Å². The molecule has 0 aliphatic heterocycles. The molecule has 1 aromatic carbocycles. The van der Waals surface area contributed by atoms with E-state index in [0.29, 0.717) is 0 Å². The van der Waals surface area contributed by atoms with Crippen molar-refractivity contribution in [2.75, 3.05) is 7.05 Å². The van der Waals surface area contributed by atoms with Gasteiger partial charge in [-0.15, -0.1) is 0 Å². The Morgan fingerprint density at radius 2 is 2.16 bits per heavy atom. The molecule has 0 aliphatic carbocycles. The van der Waals surface area contributed by atoms with Gasteiger partial charge in [0.05, 0.1) is 6.54 Å². The molecule has 2 aromatic heterocycles. The average molecular weight is 319 g/mol. The predicted octanol–water partition coefficient (Wildman–Crippen LogP) is 3.05. The van der Waals surface area contributed by atoms with Crippen LogP contribution in [0.2, 0.25) is 0 Å². The van der Waals surface area contributed by atoms with E-state index in [4.69, 9.17) is 4.98 Å². The van der Waals surface area contributed by atoms with Crippen LogP contribution in [0.4, 0.5) is 0 Å². The maximum atomic E-state index is 4.73. The fourth-order valence-corrected chi connectivity index (χ4v) is 2.78. The predicted molar refractivity (Wildman–Crippen MR) is 81.0 cm³/mol. The Balaban J connectivity index is 2.19. The van der Waals surface area contributed by atoms with Crippen LogP contribution in [0, 0.1) is 0 Å². The quantitative estimate of drug-likeness (QED) is 0.779. The molecule has 0 aliphatic rings. The van der Waals surface area contributed by atoms with Gasteiger partial charge in [0.2, 0.25) is 0 Å². The van der Waals surface area contributed by atoms with E-state index in [0.717, 1.165) is 33.7 Å². The van der Waals surface area contributed by atoms with Crippen LogP contribution in [0.5, 0.6) is 0 Å². The maximum Gasteiger partial charge on any atom is 0.124 e. The zero-order chi connectivity index (χ0) is 13.4. The van der Waals surface area contributed by atoms with Crippen LogP contribution >= 0.6 is 15.9 Å². The van der Waals surface area contributed by atoms with Gasteiger partial charge in [0, 0.05) is 29.7 Å². The summed E-state index contributed by atoms with van der Waals surface area (Å²) >= 11 is 3.64. The number of hydrogen-bond donors (Lipinski definition) is 2. The third kappa shape index (κ3) is 1.99. The van der Waals surface area contributed by atoms with Gasteiger partial charge in [-0.25, -0.2) is 4.98 Å². The first-order valence-electron chi connectivity index (χ1n) is 6.14. The van der Waals surface area contributed by atoms with Crippen LogP contribution in [-0.2, 0) is 13.6 Å². The summed E-state index contributed by atoms with van der Waals surface area (Å²) < 4.78 is 3.07. The Morgan fingerprint density at radius 1 is 1.37 bits per heavy atom. The second-order valence-corrected chi connectivity index (χ2v) is 5.26. The minimum Gasteiger partial charge on any atom is -0.360 e. The molecule has 0 amide bonds. The molecule has 4 nitrogen and oxygen atoms in total. The number of aromatic amines is 1. The largest absolute Gasteiger partial charge is 0.360 e. The first-order valence-corrected chi connectivity index (χ1v) is 6.94. The van der Waals surface area contributed by atoms with Crippen molar-refractivity contribution in [3.8, 4) is 11.3 Å². The fourth-order valence-electron chi connectivity index (χ4n) is 2.28. The third-order valence-corrected chi connectivity index (χ3v) is 4.20. The van der Waals surface area contributed by atoms with Gasteiger partial charge in [-0.1, -0.05) is 18.2 Å². The summed E-state index contributed by atoms with van der Waals surface area (Å²) in [4.78, 5) is 8.01. The van der Waals surface area contributed by atoms with E-state index < -0.39 is 0 Å². The molecule has 0 fully saturated rings. The zero-order valence-electron chi connectivity index (χ0n) is 10.9. The second-order valence-electron chi connectivity index (χ2n) is 4.50. The molecule has 0 saturated heterocycles. The summed E-state index contributed by atoms with van der Waals surface area (Å²) in [7, 11) is 3.94. The zero-order valence-corrected chi connectivity index (χ0v) is 12.5. The summed E-state index contributed by atoms with van der Waals surface area (Å²) in [6.07, 6.45) is 2.01. The summed E-state index contributed by atoms with van der Waals surface area (Å²) in [6, 6.07) is 8.26. The van der Waals surface area contributed by atoms with Crippen LogP contribution in [0.25, 0.3) is 22.2 Å². The molecule has 2 heterocycles. The van der Waals surface area contributed by atoms with Gasteiger partial charge in [-0.05, 0) is 29.0 Å². The van der Waals surface area contributed by atoms with Gasteiger partial charge in [0.25, 0.3) is 0 Å². The number of para-hydroxylation sites is 1. The van der Waals surface area contributed by atoms with Crippen molar-refractivity contribution in [3.63, 3.8) is 0 Å². The van der Waals surface area contributed by atoms with E-state index in [9.17, 15) is 0 Å². The van der Waals surface area contributed by atoms with Gasteiger partial charge in [-0.3, -0.25) is 0 Å². The van der Waals surface area contributed by atoms with Gasteiger partial charge < -0.3 is 14.9 Å². The van der Waals surface area contributed by atoms with Crippen LogP contribution in [0.15, 0.2) is 35.1 Å². The second kappa shape index (κ2) is 4.83. The number of rotatable bonds is 3. The molecule has 19 heavy (non-hydrogen) atoms. The Kier molecular flexibility index (Phi) is 3.16. The average Bonchev–Trinajstić information content (AvgIpc) is 2.96. The van der Waals surface area contributed by atoms with Crippen molar-refractivity contribution in [1.29, 1.82) is 0 Å². The van der Waals surface area contributed by atoms with E-state index in [2.05, 4.69) is 42.9 Å². The molecular formula is C14H15BrN4. The highest BCUT2D eigenvalue weighted by atomic mass is 79.9. The summed E-state index contributed by atoms with van der Waals surface area (Å²) in [5, 5.41) is 4.33. The Bertz CT molecular complexity index is 726. The maximum absolute atomic E-state index is 4.73. The lowest BCUT2D eigenvalue weighted by molar-refractivity contribution is 0.704. The topological polar surface area (TPSA) is 45.6 Å². The van der Waals surface area contributed by atoms with E-state index in [1.165, 1.54) is 5.39 Å². The Morgan fingerprint density at radius 3 is 2.95 bits per heavy atom. The van der Waals surface area contributed by atoms with E-state index in [-0.39, 0.29) is 0 Å². The minimum atomic E-state index is 0.747. The van der Waals surface area contributed by atoms with Crippen molar-refractivity contribution in [2.45, 2.75) is 6.54 Å². The molecule has 0 spiro atoms. The molecule has 2 N–H and O–H groups in total. The summed E-state index contributed by atoms with van der Waals surface area (Å²) in [5.41, 5.74) is 3.23. The standard InChI is InChI=1S/C14H15BrN4/c1-16-8-12-18-13(14(15)19(12)2)10-7-17-11-6-4-3-5-9(10)11/h3-7,16-17H,8H2,1-2H3. The lowest BCUT2D eigenvalue weighted by atomic mass is 10.1. The molecule has 3 aromatic rings. The number of benzene rings is 1. The van der Waals surface area contributed by atoms with Gasteiger partial charge in [0.1, 0.15) is 16.1 Å². The number of H-pyrrole nitrogens is 1. The number of hydrogen-bond acceptors (Lipinski definition) is 2. The molecule has 0 bridgehead atoms. The monoisotopic (exact) mass is 318 g/mol. The number of aromatic nitrogens is 3. The number of imidazole rings is 1. The molecule has 0 unspecified atom stereocenters. The lowest BCUT2D eigenvalue weighted by Crippen LogP contribution is -2.10. The van der Waals surface area contributed by atoms with Gasteiger partial charge in [-0.2, -0.15) is 0 Å². The molecule has 98 valence electrons. The third-order valence-electron chi connectivity index (χ3n) is 3.30. The van der Waals surface area contributed by atoms with Crippen LogP contribution < -0.4 is 5.32 Å². The van der Waals surface area contributed by atoms with Gasteiger partial charge in [0.15, 0.2) is 0 Å². The smallest absolute Gasteiger partial charge is 0.124 e. The Hall–Kier alpha value is -1.59. The van der Waals surface area contributed by atoms with Gasteiger partial charge >= 0.3 is 0 Å². The number of halogens is 1. The highest BCUT2D eigenvalue weighted by Gasteiger charge is 2.16. The number of fused-ring (bicyclic) bond motifs is 1. The van der Waals surface area contributed by atoms with Crippen molar-refractivity contribution in [1.82, 2.24) is 19.9 Å². The van der Waals surface area contributed by atoms with Crippen molar-refractivity contribution in [3.05, 3.63) is 40.9 Å². The first kappa shape index (κ1) is 12.4. The Labute approximate surface area is 120 Å². The van der Waals surface area contributed by atoms with E-state index in [1.807, 2.05) is 32.4 Å². The van der Waals surface area contributed by atoms with Crippen LogP contribution in [0.1, 0.15) is 5.82 Å².